The summed E-state index contributed by atoms with van der Waals surface area (Å²) in [6.45, 7) is 1.62. The van der Waals surface area contributed by atoms with Crippen LogP contribution in [0.5, 0.6) is 5.88 Å². The van der Waals surface area contributed by atoms with Crippen molar-refractivity contribution in [1.82, 2.24) is 4.98 Å². The minimum atomic E-state index is -4.46. The normalized spacial score (nSPS) is 11.2. The van der Waals surface area contributed by atoms with Crippen LogP contribution in [0.1, 0.15) is 5.56 Å². The summed E-state index contributed by atoms with van der Waals surface area (Å²) in [6.07, 6.45) is 1.37. The molecular weight excluding hydrogens is 182 g/mol. The minimum absolute atomic E-state index is 0.111. The van der Waals surface area contributed by atoms with E-state index in [2.05, 4.69) is 9.17 Å². The predicted molar refractivity (Wildman–Crippen MR) is 41.2 cm³/mol. The Morgan fingerprint density at radius 1 is 1.58 bits per heavy atom. The molecule has 0 aliphatic rings. The summed E-state index contributed by atoms with van der Waals surface area (Å²) in [5, 5.41) is 0. The Morgan fingerprint density at radius 2 is 2.25 bits per heavy atom. The van der Waals surface area contributed by atoms with Crippen LogP contribution >= 0.6 is 0 Å². The first-order chi connectivity index (χ1) is 5.49. The van der Waals surface area contributed by atoms with Gasteiger partial charge in [0.05, 0.1) is 0 Å². The van der Waals surface area contributed by atoms with E-state index in [4.69, 9.17) is 4.55 Å². The van der Waals surface area contributed by atoms with Gasteiger partial charge < -0.3 is 4.18 Å². The summed E-state index contributed by atoms with van der Waals surface area (Å²) >= 11 is 0. The molecule has 1 rings (SSSR count). The Hall–Kier alpha value is -1.14. The number of pyridine rings is 1. The summed E-state index contributed by atoms with van der Waals surface area (Å²) in [4.78, 5) is 3.60. The lowest BCUT2D eigenvalue weighted by Crippen LogP contribution is -2.08. The average Bonchev–Trinajstić information content (AvgIpc) is 1.91. The third-order valence-corrected chi connectivity index (χ3v) is 1.51. The van der Waals surface area contributed by atoms with Crippen molar-refractivity contribution in [2.24, 2.45) is 0 Å². The molecule has 0 bridgehead atoms. The summed E-state index contributed by atoms with van der Waals surface area (Å²) in [6, 6.07) is 3.25. The highest BCUT2D eigenvalue weighted by Gasteiger charge is 2.09. The van der Waals surface area contributed by atoms with Crippen LogP contribution in [0, 0.1) is 6.92 Å². The summed E-state index contributed by atoms with van der Waals surface area (Å²) in [7, 11) is -4.46. The molecule has 5 nitrogen and oxygen atoms in total. The van der Waals surface area contributed by atoms with Crippen molar-refractivity contribution in [2.45, 2.75) is 6.92 Å². The van der Waals surface area contributed by atoms with E-state index in [0.717, 1.165) is 0 Å². The van der Waals surface area contributed by atoms with Gasteiger partial charge in [0.2, 0.25) is 5.88 Å². The molecule has 0 aliphatic heterocycles. The lowest BCUT2D eigenvalue weighted by molar-refractivity contribution is 0.380. The number of aryl methyl sites for hydroxylation is 1. The molecule has 1 heterocycles. The maximum Gasteiger partial charge on any atom is 0.447 e. The zero-order valence-corrected chi connectivity index (χ0v) is 7.08. The highest BCUT2D eigenvalue weighted by atomic mass is 32.3. The van der Waals surface area contributed by atoms with E-state index in [0.29, 0.717) is 5.56 Å². The van der Waals surface area contributed by atoms with E-state index < -0.39 is 10.4 Å². The zero-order valence-electron chi connectivity index (χ0n) is 6.26. The molecule has 0 amide bonds. The van der Waals surface area contributed by atoms with Crippen molar-refractivity contribution in [3.63, 3.8) is 0 Å². The highest BCUT2D eigenvalue weighted by Crippen LogP contribution is 2.13. The van der Waals surface area contributed by atoms with E-state index in [1.54, 1.807) is 19.1 Å². The van der Waals surface area contributed by atoms with Gasteiger partial charge in [0, 0.05) is 11.8 Å². The molecule has 0 unspecified atom stereocenters. The first-order valence-electron chi connectivity index (χ1n) is 3.07. The number of hydrogen-bond acceptors (Lipinski definition) is 4. The lowest BCUT2D eigenvalue weighted by Gasteiger charge is -2.01. The van der Waals surface area contributed by atoms with Crippen molar-refractivity contribution in [3.8, 4) is 5.88 Å². The molecule has 0 fully saturated rings. The van der Waals surface area contributed by atoms with Gasteiger partial charge in [-0.15, -0.1) is 0 Å². The Morgan fingerprint density at radius 3 is 2.75 bits per heavy atom. The van der Waals surface area contributed by atoms with E-state index in [-0.39, 0.29) is 5.88 Å². The van der Waals surface area contributed by atoms with Crippen LogP contribution in [0.2, 0.25) is 0 Å². The first-order valence-corrected chi connectivity index (χ1v) is 4.44. The fourth-order valence-electron chi connectivity index (χ4n) is 0.658. The number of rotatable bonds is 2. The van der Waals surface area contributed by atoms with Gasteiger partial charge in [0.25, 0.3) is 0 Å². The van der Waals surface area contributed by atoms with Crippen molar-refractivity contribution >= 4 is 10.4 Å². The lowest BCUT2D eigenvalue weighted by atomic mass is 10.3. The van der Waals surface area contributed by atoms with Gasteiger partial charge in [-0.2, -0.15) is 8.42 Å². The van der Waals surface area contributed by atoms with Crippen LogP contribution in [0.25, 0.3) is 0 Å². The molecule has 0 aromatic carbocycles. The second-order valence-corrected chi connectivity index (χ2v) is 3.16. The van der Waals surface area contributed by atoms with Crippen molar-refractivity contribution in [3.05, 3.63) is 23.9 Å². The van der Waals surface area contributed by atoms with Crippen molar-refractivity contribution < 1.29 is 17.2 Å². The Balaban J connectivity index is 2.98. The quantitative estimate of drug-likeness (QED) is 0.688. The molecule has 0 radical (unpaired) electrons. The summed E-state index contributed by atoms with van der Waals surface area (Å²) in [5.41, 5.74) is 0.537. The van der Waals surface area contributed by atoms with Gasteiger partial charge in [-0.25, -0.2) is 4.98 Å². The first kappa shape index (κ1) is 8.95. The van der Waals surface area contributed by atoms with Crippen LogP contribution in [-0.2, 0) is 10.4 Å². The number of nitrogens with zero attached hydrogens (tertiary/aromatic N) is 1. The van der Waals surface area contributed by atoms with E-state index in [1.165, 1.54) is 6.20 Å². The van der Waals surface area contributed by atoms with Gasteiger partial charge in [-0.1, -0.05) is 6.07 Å². The van der Waals surface area contributed by atoms with Crippen molar-refractivity contribution in [1.29, 1.82) is 0 Å². The molecule has 0 spiro atoms. The van der Waals surface area contributed by atoms with Crippen LogP contribution < -0.4 is 4.18 Å². The van der Waals surface area contributed by atoms with Gasteiger partial charge in [0.1, 0.15) is 0 Å². The highest BCUT2D eigenvalue weighted by molar-refractivity contribution is 7.81. The topological polar surface area (TPSA) is 76.5 Å². The van der Waals surface area contributed by atoms with E-state index in [1.807, 2.05) is 0 Å². The average molecular weight is 189 g/mol. The van der Waals surface area contributed by atoms with E-state index >= 15 is 0 Å². The summed E-state index contributed by atoms with van der Waals surface area (Å²) < 4.78 is 32.9. The number of aromatic nitrogens is 1. The monoisotopic (exact) mass is 189 g/mol. The largest absolute Gasteiger partial charge is 0.447 e. The molecule has 0 saturated carbocycles. The fourth-order valence-corrected chi connectivity index (χ4v) is 1.03. The predicted octanol–water partition coefficient (Wildman–Crippen LogP) is 0.572. The third-order valence-electron chi connectivity index (χ3n) is 1.15. The molecular formula is C6H7NO4S. The van der Waals surface area contributed by atoms with Gasteiger partial charge in [0.15, 0.2) is 0 Å². The maximum atomic E-state index is 10.2. The molecule has 0 saturated heterocycles. The van der Waals surface area contributed by atoms with Crippen LogP contribution in [0.15, 0.2) is 18.3 Å². The van der Waals surface area contributed by atoms with Crippen LogP contribution in [0.4, 0.5) is 0 Å². The van der Waals surface area contributed by atoms with Gasteiger partial charge in [-0.05, 0) is 13.0 Å². The number of hydrogen-bond donors (Lipinski definition) is 1. The second-order valence-electron chi connectivity index (χ2n) is 2.14. The molecule has 0 aliphatic carbocycles. The Kier molecular flexibility index (Phi) is 2.30. The Bertz CT molecular complexity index is 373. The molecule has 1 aromatic rings. The summed E-state index contributed by atoms with van der Waals surface area (Å²) in [5.74, 6) is -0.111. The van der Waals surface area contributed by atoms with Gasteiger partial charge >= 0.3 is 10.4 Å². The van der Waals surface area contributed by atoms with E-state index in [9.17, 15) is 8.42 Å². The second kappa shape index (κ2) is 3.08. The van der Waals surface area contributed by atoms with Crippen LogP contribution in [0.3, 0.4) is 0 Å². The molecule has 1 N–H and O–H groups in total. The molecule has 66 valence electrons. The zero-order chi connectivity index (χ0) is 9.19. The SMILES string of the molecule is Cc1cccnc1OS(=O)(=O)O. The molecule has 0 atom stereocenters. The molecule has 12 heavy (non-hydrogen) atoms. The third kappa shape index (κ3) is 2.48. The molecule has 6 heteroatoms. The van der Waals surface area contributed by atoms with Crippen molar-refractivity contribution in [2.75, 3.05) is 0 Å². The fraction of sp³-hybridized carbons (Fsp3) is 0.167. The maximum absolute atomic E-state index is 10.2. The van der Waals surface area contributed by atoms with Gasteiger partial charge in [-0.3, -0.25) is 4.55 Å². The van der Waals surface area contributed by atoms with Crippen LogP contribution in [-0.4, -0.2) is 18.0 Å². The smallest absolute Gasteiger partial charge is 0.341 e. The minimum Gasteiger partial charge on any atom is -0.341 e. The molecule has 1 aromatic heterocycles. The Labute approximate surface area is 70.0 Å². The standard InChI is InChI=1S/C6H7NO4S/c1-5-3-2-4-7-6(5)11-12(8,9)10/h2-4H,1H3,(H,8,9,10).